The maximum atomic E-state index is 11.0. The van der Waals surface area contributed by atoms with Crippen LogP contribution in [-0.2, 0) is 9.53 Å². The zero-order valence-electron chi connectivity index (χ0n) is 7.37. The highest BCUT2D eigenvalue weighted by Gasteiger charge is 2.20. The Morgan fingerprint density at radius 3 is 3.21 bits per heavy atom. The standard InChI is InChI=1S/C9H9ClN2O2/c10-8-3-6(1-2-11-8)7-4-14-5-9(13)12-7/h1-3,7H,4-5H2,(H,12,13). The van der Waals surface area contributed by atoms with Crippen LogP contribution < -0.4 is 5.32 Å². The fourth-order valence-electron chi connectivity index (χ4n) is 1.36. The Labute approximate surface area is 86.2 Å². The fourth-order valence-corrected chi connectivity index (χ4v) is 1.54. The SMILES string of the molecule is O=C1COCC(c2ccnc(Cl)c2)N1. The van der Waals surface area contributed by atoms with Crippen LogP contribution in [0.5, 0.6) is 0 Å². The summed E-state index contributed by atoms with van der Waals surface area (Å²) in [6.07, 6.45) is 1.61. The lowest BCUT2D eigenvalue weighted by Crippen LogP contribution is -2.39. The zero-order valence-corrected chi connectivity index (χ0v) is 8.12. The van der Waals surface area contributed by atoms with Crippen LogP contribution in [0.2, 0.25) is 5.15 Å². The van der Waals surface area contributed by atoms with Gasteiger partial charge in [0.25, 0.3) is 0 Å². The minimum atomic E-state index is -0.114. The molecule has 1 unspecified atom stereocenters. The van der Waals surface area contributed by atoms with E-state index in [1.165, 1.54) is 0 Å². The lowest BCUT2D eigenvalue weighted by atomic mass is 10.1. The molecule has 1 amide bonds. The summed E-state index contributed by atoms with van der Waals surface area (Å²) in [5.74, 6) is -0.103. The second-order valence-electron chi connectivity index (χ2n) is 3.05. The summed E-state index contributed by atoms with van der Waals surface area (Å²) in [6, 6.07) is 3.42. The van der Waals surface area contributed by atoms with E-state index in [-0.39, 0.29) is 18.6 Å². The number of pyridine rings is 1. The molecule has 0 radical (unpaired) electrons. The minimum absolute atomic E-state index is 0.103. The molecule has 4 nitrogen and oxygen atoms in total. The van der Waals surface area contributed by atoms with E-state index in [9.17, 15) is 4.79 Å². The molecule has 0 bridgehead atoms. The molecule has 1 fully saturated rings. The normalized spacial score (nSPS) is 21.8. The fraction of sp³-hybridized carbons (Fsp3) is 0.333. The van der Waals surface area contributed by atoms with Crippen LogP contribution in [0.15, 0.2) is 18.3 Å². The van der Waals surface area contributed by atoms with Gasteiger partial charge in [-0.1, -0.05) is 11.6 Å². The topological polar surface area (TPSA) is 51.2 Å². The van der Waals surface area contributed by atoms with Gasteiger partial charge < -0.3 is 10.1 Å². The summed E-state index contributed by atoms with van der Waals surface area (Å²) in [4.78, 5) is 14.9. The van der Waals surface area contributed by atoms with Gasteiger partial charge in [0.05, 0.1) is 12.6 Å². The van der Waals surface area contributed by atoms with Gasteiger partial charge in [0.2, 0.25) is 5.91 Å². The molecule has 1 aromatic rings. The van der Waals surface area contributed by atoms with Crippen molar-refractivity contribution in [3.8, 4) is 0 Å². The van der Waals surface area contributed by atoms with Gasteiger partial charge in [-0.15, -0.1) is 0 Å². The molecule has 2 rings (SSSR count). The van der Waals surface area contributed by atoms with Gasteiger partial charge in [-0.2, -0.15) is 0 Å². The van der Waals surface area contributed by atoms with E-state index in [1.54, 1.807) is 12.3 Å². The van der Waals surface area contributed by atoms with Gasteiger partial charge in [0, 0.05) is 6.20 Å². The van der Waals surface area contributed by atoms with Crippen molar-refractivity contribution in [2.75, 3.05) is 13.2 Å². The molecule has 14 heavy (non-hydrogen) atoms. The number of rotatable bonds is 1. The zero-order chi connectivity index (χ0) is 9.97. The largest absolute Gasteiger partial charge is 0.369 e. The number of aromatic nitrogens is 1. The molecule has 0 saturated carbocycles. The van der Waals surface area contributed by atoms with Crippen molar-refractivity contribution in [2.45, 2.75) is 6.04 Å². The second kappa shape index (κ2) is 3.94. The number of amides is 1. The van der Waals surface area contributed by atoms with Crippen molar-refractivity contribution in [2.24, 2.45) is 0 Å². The number of carbonyl (C=O) groups is 1. The molecule has 1 aromatic heterocycles. The minimum Gasteiger partial charge on any atom is -0.369 e. The molecule has 1 saturated heterocycles. The molecule has 0 aliphatic carbocycles. The number of nitrogens with one attached hydrogen (secondary N) is 1. The van der Waals surface area contributed by atoms with Crippen molar-refractivity contribution in [1.82, 2.24) is 10.3 Å². The molecule has 1 aliphatic rings. The highest BCUT2D eigenvalue weighted by Crippen LogP contribution is 2.17. The highest BCUT2D eigenvalue weighted by molar-refractivity contribution is 6.29. The van der Waals surface area contributed by atoms with Gasteiger partial charge in [-0.05, 0) is 17.7 Å². The highest BCUT2D eigenvalue weighted by atomic mass is 35.5. The van der Waals surface area contributed by atoms with Crippen LogP contribution in [0, 0.1) is 0 Å². The number of carbonyl (C=O) groups excluding carboxylic acids is 1. The maximum Gasteiger partial charge on any atom is 0.246 e. The van der Waals surface area contributed by atoms with Crippen LogP contribution in [0.1, 0.15) is 11.6 Å². The molecular weight excluding hydrogens is 204 g/mol. The summed E-state index contributed by atoms with van der Waals surface area (Å²) in [5.41, 5.74) is 0.915. The first-order chi connectivity index (χ1) is 6.75. The van der Waals surface area contributed by atoms with Gasteiger partial charge in [-0.3, -0.25) is 4.79 Å². The summed E-state index contributed by atoms with van der Waals surface area (Å²) in [6.45, 7) is 0.612. The van der Waals surface area contributed by atoms with Crippen LogP contribution >= 0.6 is 11.6 Å². The van der Waals surface area contributed by atoms with Gasteiger partial charge >= 0.3 is 0 Å². The number of ether oxygens (including phenoxy) is 1. The molecule has 2 heterocycles. The Morgan fingerprint density at radius 2 is 2.50 bits per heavy atom. The first-order valence-electron chi connectivity index (χ1n) is 4.24. The molecule has 1 N–H and O–H groups in total. The molecule has 1 aliphatic heterocycles. The van der Waals surface area contributed by atoms with E-state index in [1.807, 2.05) is 6.07 Å². The van der Waals surface area contributed by atoms with Gasteiger partial charge in [0.15, 0.2) is 0 Å². The molecule has 5 heteroatoms. The van der Waals surface area contributed by atoms with E-state index >= 15 is 0 Å². The molecular formula is C9H9ClN2O2. The van der Waals surface area contributed by atoms with E-state index in [2.05, 4.69) is 10.3 Å². The summed E-state index contributed by atoms with van der Waals surface area (Å²) < 4.78 is 5.11. The molecule has 74 valence electrons. The quantitative estimate of drug-likeness (QED) is 0.705. The van der Waals surface area contributed by atoms with Crippen molar-refractivity contribution < 1.29 is 9.53 Å². The van der Waals surface area contributed by atoms with E-state index in [4.69, 9.17) is 16.3 Å². The average molecular weight is 213 g/mol. The summed E-state index contributed by atoms with van der Waals surface area (Å²) in [7, 11) is 0. The Kier molecular flexibility index (Phi) is 2.65. The number of hydrogen-bond donors (Lipinski definition) is 1. The van der Waals surface area contributed by atoms with Crippen molar-refractivity contribution in [3.05, 3.63) is 29.0 Å². The first kappa shape index (κ1) is 9.43. The maximum absolute atomic E-state index is 11.0. The van der Waals surface area contributed by atoms with Gasteiger partial charge in [0.1, 0.15) is 11.8 Å². The molecule has 1 atom stereocenters. The monoisotopic (exact) mass is 212 g/mol. The third kappa shape index (κ3) is 2.02. The number of halogens is 1. The number of nitrogens with zero attached hydrogens (tertiary/aromatic N) is 1. The van der Waals surface area contributed by atoms with Gasteiger partial charge in [-0.25, -0.2) is 4.98 Å². The van der Waals surface area contributed by atoms with Crippen molar-refractivity contribution in [1.29, 1.82) is 0 Å². The van der Waals surface area contributed by atoms with Crippen LogP contribution in [0.25, 0.3) is 0 Å². The van der Waals surface area contributed by atoms with E-state index in [0.717, 1.165) is 5.56 Å². The number of morpholine rings is 1. The van der Waals surface area contributed by atoms with Crippen molar-refractivity contribution >= 4 is 17.5 Å². The van der Waals surface area contributed by atoms with E-state index in [0.29, 0.717) is 11.8 Å². The predicted molar refractivity (Wildman–Crippen MR) is 50.9 cm³/mol. The third-order valence-electron chi connectivity index (χ3n) is 2.01. The van der Waals surface area contributed by atoms with E-state index < -0.39 is 0 Å². The number of hydrogen-bond acceptors (Lipinski definition) is 3. The Bertz CT molecular complexity index is 356. The van der Waals surface area contributed by atoms with Crippen LogP contribution in [0.3, 0.4) is 0 Å². The van der Waals surface area contributed by atoms with Crippen LogP contribution in [0.4, 0.5) is 0 Å². The average Bonchev–Trinajstić information content (AvgIpc) is 2.18. The van der Waals surface area contributed by atoms with Crippen LogP contribution in [-0.4, -0.2) is 24.1 Å². The van der Waals surface area contributed by atoms with Crippen molar-refractivity contribution in [3.63, 3.8) is 0 Å². The Hall–Kier alpha value is -1.13. The molecule has 0 aromatic carbocycles. The smallest absolute Gasteiger partial charge is 0.246 e. The third-order valence-corrected chi connectivity index (χ3v) is 2.21. The Balaban J connectivity index is 2.17. The first-order valence-corrected chi connectivity index (χ1v) is 4.62. The summed E-state index contributed by atoms with van der Waals surface area (Å²) >= 11 is 5.74. The lowest BCUT2D eigenvalue weighted by Gasteiger charge is -2.23. The lowest BCUT2D eigenvalue weighted by molar-refractivity contribution is -0.131. The predicted octanol–water partition coefficient (Wildman–Crippen LogP) is 0.922. The molecule has 0 spiro atoms. The Morgan fingerprint density at radius 1 is 1.64 bits per heavy atom. The second-order valence-corrected chi connectivity index (χ2v) is 3.43. The summed E-state index contributed by atoms with van der Waals surface area (Å²) in [5, 5.41) is 3.23.